The van der Waals surface area contributed by atoms with E-state index in [4.69, 9.17) is 19.5 Å². The van der Waals surface area contributed by atoms with E-state index in [9.17, 15) is 24.1 Å². The molecule has 3 rings (SSSR count). The van der Waals surface area contributed by atoms with Crippen molar-refractivity contribution in [3.05, 3.63) is 108 Å². The number of imide groups is 1. The number of rotatable bonds is 21. The molecule has 0 bridgehead atoms. The van der Waals surface area contributed by atoms with Gasteiger partial charge in [-0.05, 0) is 61.3 Å². The first-order chi connectivity index (χ1) is 23.6. The van der Waals surface area contributed by atoms with Crippen molar-refractivity contribution in [1.82, 2.24) is 10.2 Å². The molecule has 0 heterocycles. The number of amides is 2. The topological polar surface area (TPSA) is 157 Å². The predicted octanol–water partition coefficient (Wildman–Crippen LogP) is 7.10. The zero-order valence-corrected chi connectivity index (χ0v) is 29.5. The third kappa shape index (κ3) is 12.8. The van der Waals surface area contributed by atoms with Crippen LogP contribution in [-0.2, 0) is 47.8 Å². The van der Waals surface area contributed by atoms with Crippen molar-refractivity contribution in [2.24, 2.45) is 11.7 Å². The largest absolute Gasteiger partial charge is 0.480 e. The number of nitrogens with one attached hydrogen (secondary N) is 1. The van der Waals surface area contributed by atoms with Gasteiger partial charge in [-0.2, -0.15) is 0 Å². The normalized spacial score (nSPS) is 13.4. The van der Waals surface area contributed by atoms with Gasteiger partial charge in [0.05, 0.1) is 19.3 Å². The Bertz CT molecular complexity index is 1430. The Labute approximate surface area is 289 Å². The number of hydrogen-bond acceptors (Lipinski definition) is 9. The maximum absolute atomic E-state index is 14.7. The van der Waals surface area contributed by atoms with Gasteiger partial charge in [-0.1, -0.05) is 112 Å². The summed E-state index contributed by atoms with van der Waals surface area (Å²) in [4.78, 5) is 41.4. The van der Waals surface area contributed by atoms with Gasteiger partial charge >= 0.3 is 19.7 Å². The second-order valence-corrected chi connectivity index (χ2v) is 14.4. The molecule has 0 fully saturated rings. The van der Waals surface area contributed by atoms with Gasteiger partial charge in [-0.15, -0.1) is 0 Å². The summed E-state index contributed by atoms with van der Waals surface area (Å²) in [5.41, 5.74) is 7.89. The Morgan fingerprint density at radius 1 is 0.816 bits per heavy atom. The summed E-state index contributed by atoms with van der Waals surface area (Å²) in [6.45, 7) is 5.74. The van der Waals surface area contributed by atoms with E-state index in [1.807, 2.05) is 80.6 Å². The number of carboxylic acids is 1. The molecule has 0 aliphatic rings. The third-order valence-electron chi connectivity index (χ3n) is 7.84. The molecule has 0 spiro atoms. The number of carbonyl (C=O) groups excluding carboxylic acids is 2. The highest BCUT2D eigenvalue weighted by Crippen LogP contribution is 2.55. The first kappa shape index (κ1) is 39.6. The van der Waals surface area contributed by atoms with Crippen LogP contribution in [0.2, 0.25) is 0 Å². The smallest absolute Gasteiger partial charge is 0.417 e. The van der Waals surface area contributed by atoms with E-state index in [1.165, 1.54) is 0 Å². The standard InChI is InChI=1S/C37H50N3O8P/c1-4-34(49(45,47-26-30-18-10-6-11-19-30)48-27-31-20-12-7-13-21-31)39-32(24-28(2)3)35(41)40(33(36(42)43)22-14-15-23-38)37(44)46-25-29-16-8-5-9-17-29/h5-13,16-21,28,32-34,39H,4,14-15,22-27,38H2,1-3H3,(H,42,43)/t32-,33-,34-/m0/s1. The quantitative estimate of drug-likeness (QED) is 0.0776. The average Bonchev–Trinajstić information content (AvgIpc) is 3.11. The number of aliphatic carboxylic acids is 1. The van der Waals surface area contributed by atoms with E-state index in [1.54, 1.807) is 31.2 Å². The molecule has 0 saturated carbocycles. The molecular weight excluding hydrogens is 645 g/mol. The average molecular weight is 696 g/mol. The van der Waals surface area contributed by atoms with Gasteiger partial charge in [0.25, 0.3) is 0 Å². The molecule has 0 radical (unpaired) electrons. The Morgan fingerprint density at radius 2 is 1.31 bits per heavy atom. The van der Waals surface area contributed by atoms with Crippen LogP contribution in [0.4, 0.5) is 4.79 Å². The number of carbonyl (C=O) groups is 3. The van der Waals surface area contributed by atoms with Gasteiger partial charge in [0.1, 0.15) is 18.4 Å². The summed E-state index contributed by atoms with van der Waals surface area (Å²) in [5.74, 6) is -3.20. The predicted molar refractivity (Wildman–Crippen MR) is 188 cm³/mol. The van der Waals surface area contributed by atoms with E-state index in [-0.39, 0.29) is 45.0 Å². The fourth-order valence-electron chi connectivity index (χ4n) is 5.24. The Morgan fingerprint density at radius 3 is 1.73 bits per heavy atom. The highest BCUT2D eigenvalue weighted by molar-refractivity contribution is 7.54. The fraction of sp³-hybridized carbons (Fsp3) is 0.432. The van der Waals surface area contributed by atoms with Crippen molar-refractivity contribution in [2.45, 2.75) is 90.6 Å². The van der Waals surface area contributed by atoms with Crippen LogP contribution >= 0.6 is 7.60 Å². The molecule has 3 aromatic rings. The van der Waals surface area contributed by atoms with Gasteiger partial charge in [0, 0.05) is 0 Å². The minimum absolute atomic E-state index is 0.00590. The summed E-state index contributed by atoms with van der Waals surface area (Å²) in [7, 11) is -4.00. The van der Waals surface area contributed by atoms with Crippen molar-refractivity contribution in [1.29, 1.82) is 0 Å². The second-order valence-electron chi connectivity index (χ2n) is 12.2. The lowest BCUT2D eigenvalue weighted by Crippen LogP contribution is -2.57. The summed E-state index contributed by atoms with van der Waals surface area (Å²) in [6, 6.07) is 24.8. The molecule has 11 nitrogen and oxygen atoms in total. The van der Waals surface area contributed by atoms with Crippen molar-refractivity contribution in [3.8, 4) is 0 Å². The molecule has 3 aromatic carbocycles. The highest BCUT2D eigenvalue weighted by Gasteiger charge is 2.43. The van der Waals surface area contributed by atoms with Crippen LogP contribution in [0.5, 0.6) is 0 Å². The van der Waals surface area contributed by atoms with Crippen LogP contribution in [-0.4, -0.2) is 52.4 Å². The second kappa shape index (κ2) is 20.6. The number of unbranched alkanes of at least 4 members (excludes halogenated alkanes) is 1. The SMILES string of the molecule is CC[C@@H](N[C@@H](CC(C)C)C(=O)N(C(=O)OCc1ccccc1)[C@@H](CCCCN)C(=O)O)P(=O)(OCc1ccccc1)OCc1ccccc1. The molecule has 0 saturated heterocycles. The molecule has 0 aliphatic heterocycles. The number of hydrogen-bond donors (Lipinski definition) is 3. The minimum Gasteiger partial charge on any atom is -0.480 e. The Kier molecular flexibility index (Phi) is 16.6. The minimum atomic E-state index is -4.00. The molecule has 2 amide bonds. The van der Waals surface area contributed by atoms with E-state index < -0.39 is 43.4 Å². The van der Waals surface area contributed by atoms with Crippen molar-refractivity contribution in [2.75, 3.05) is 6.54 Å². The van der Waals surface area contributed by atoms with E-state index in [0.29, 0.717) is 29.8 Å². The number of benzene rings is 3. The zero-order chi connectivity index (χ0) is 35.6. The molecule has 4 N–H and O–H groups in total. The lowest BCUT2D eigenvalue weighted by atomic mass is 10.0. The zero-order valence-electron chi connectivity index (χ0n) is 28.6. The van der Waals surface area contributed by atoms with Crippen molar-refractivity contribution < 1.29 is 37.8 Å². The third-order valence-corrected chi connectivity index (χ3v) is 10.1. The van der Waals surface area contributed by atoms with Crippen LogP contribution in [0.3, 0.4) is 0 Å². The first-order valence-electron chi connectivity index (χ1n) is 16.8. The lowest BCUT2D eigenvalue weighted by Gasteiger charge is -2.34. The Hall–Kier alpha value is -3.86. The van der Waals surface area contributed by atoms with Gasteiger partial charge in [-0.25, -0.2) is 14.5 Å². The van der Waals surface area contributed by atoms with Crippen LogP contribution in [0, 0.1) is 5.92 Å². The molecule has 3 atom stereocenters. The van der Waals surface area contributed by atoms with Gasteiger partial charge in [-0.3, -0.25) is 14.7 Å². The summed E-state index contributed by atoms with van der Waals surface area (Å²) >= 11 is 0. The van der Waals surface area contributed by atoms with Crippen LogP contribution in [0.15, 0.2) is 91.0 Å². The highest BCUT2D eigenvalue weighted by atomic mass is 31.2. The van der Waals surface area contributed by atoms with Crippen LogP contribution in [0.1, 0.15) is 69.6 Å². The maximum atomic E-state index is 14.7. The first-order valence-corrected chi connectivity index (χ1v) is 18.4. The molecule has 0 aromatic heterocycles. The van der Waals surface area contributed by atoms with E-state index in [2.05, 4.69) is 5.32 Å². The molecule has 266 valence electrons. The van der Waals surface area contributed by atoms with Gasteiger partial charge < -0.3 is 24.6 Å². The van der Waals surface area contributed by atoms with Gasteiger partial charge in [0.2, 0.25) is 5.91 Å². The molecule has 49 heavy (non-hydrogen) atoms. The summed E-state index contributed by atoms with van der Waals surface area (Å²) < 4.78 is 32.4. The summed E-state index contributed by atoms with van der Waals surface area (Å²) in [6.07, 6.45) is 0.227. The number of nitrogens with zero attached hydrogens (tertiary/aromatic N) is 1. The molecule has 0 aliphatic carbocycles. The van der Waals surface area contributed by atoms with Gasteiger partial charge in [0.15, 0.2) is 0 Å². The number of carboxylic acid groups (broad SMARTS) is 1. The van der Waals surface area contributed by atoms with Crippen molar-refractivity contribution >= 4 is 25.6 Å². The number of nitrogens with two attached hydrogens (primary N) is 1. The molecule has 12 heteroatoms. The van der Waals surface area contributed by atoms with Crippen LogP contribution in [0.25, 0.3) is 0 Å². The molecular formula is C37H50N3O8P. The summed E-state index contributed by atoms with van der Waals surface area (Å²) in [5, 5.41) is 13.5. The van der Waals surface area contributed by atoms with E-state index >= 15 is 0 Å². The van der Waals surface area contributed by atoms with E-state index in [0.717, 1.165) is 11.1 Å². The van der Waals surface area contributed by atoms with Crippen LogP contribution < -0.4 is 11.1 Å². The lowest BCUT2D eigenvalue weighted by molar-refractivity contribution is -0.150. The Balaban J connectivity index is 1.96. The maximum Gasteiger partial charge on any atom is 0.417 e. The van der Waals surface area contributed by atoms with Crippen molar-refractivity contribution in [3.63, 3.8) is 0 Å². The fourth-order valence-corrected chi connectivity index (χ4v) is 7.15. The molecule has 0 unspecified atom stereocenters. The number of ether oxygens (including phenoxy) is 1. The monoisotopic (exact) mass is 695 g/mol.